The van der Waals surface area contributed by atoms with E-state index in [1.54, 1.807) is 0 Å². The van der Waals surface area contributed by atoms with Gasteiger partial charge in [0.15, 0.2) is 0 Å². The van der Waals surface area contributed by atoms with Crippen LogP contribution in [0.25, 0.3) is 0 Å². The number of carbonyl (C=O) groups excluding carboxylic acids is 1. The summed E-state index contributed by atoms with van der Waals surface area (Å²) in [4.78, 5) is 12.8. The largest absolute Gasteiger partial charge is 0.299 e. The van der Waals surface area contributed by atoms with Crippen LogP contribution >= 0.6 is 15.9 Å². The Morgan fingerprint density at radius 3 is 2.80 bits per heavy atom. The molecule has 2 fully saturated rings. The van der Waals surface area contributed by atoms with Crippen LogP contribution in [0.1, 0.15) is 33.1 Å². The van der Waals surface area contributed by atoms with Crippen molar-refractivity contribution in [1.82, 2.24) is 5.01 Å². The highest BCUT2D eigenvalue weighted by molar-refractivity contribution is 9.09. The molecular formula is C11H19BrN2O. The Kier molecular flexibility index (Phi) is 2.95. The van der Waals surface area contributed by atoms with Gasteiger partial charge in [0.2, 0.25) is 0 Å². The van der Waals surface area contributed by atoms with Crippen LogP contribution in [0.3, 0.4) is 0 Å². The molecule has 2 N–H and O–H groups in total. The number of halogens is 1. The third kappa shape index (κ3) is 1.99. The van der Waals surface area contributed by atoms with Gasteiger partial charge in [0.25, 0.3) is 0 Å². The summed E-state index contributed by atoms with van der Waals surface area (Å²) in [5, 5.41) is 1.89. The molecule has 2 aliphatic rings. The lowest BCUT2D eigenvalue weighted by Gasteiger charge is -2.48. The van der Waals surface area contributed by atoms with Crippen molar-refractivity contribution in [3.8, 4) is 0 Å². The molecule has 15 heavy (non-hydrogen) atoms. The number of Topliss-reactive ketones (excluding diaryl/α,β-unsaturated/α-hetero) is 1. The molecule has 0 bridgehead atoms. The molecule has 1 aliphatic carbocycles. The van der Waals surface area contributed by atoms with Gasteiger partial charge in [-0.1, -0.05) is 29.8 Å². The summed E-state index contributed by atoms with van der Waals surface area (Å²) in [6.07, 6.45) is 3.08. The molecule has 0 amide bonds. The van der Waals surface area contributed by atoms with Gasteiger partial charge in [-0.25, -0.2) is 5.01 Å². The van der Waals surface area contributed by atoms with Gasteiger partial charge in [-0.15, -0.1) is 0 Å². The van der Waals surface area contributed by atoms with Crippen molar-refractivity contribution < 1.29 is 4.79 Å². The fourth-order valence-corrected chi connectivity index (χ4v) is 3.57. The number of rotatable bonds is 0. The number of fused-ring (bicyclic) bond motifs is 1. The molecule has 0 aromatic rings. The van der Waals surface area contributed by atoms with Crippen LogP contribution in [0.15, 0.2) is 0 Å². The lowest BCUT2D eigenvalue weighted by Crippen LogP contribution is -2.61. The lowest BCUT2D eigenvalue weighted by atomic mass is 9.69. The molecule has 0 spiro atoms. The summed E-state index contributed by atoms with van der Waals surface area (Å²) in [6.45, 7) is 4.70. The van der Waals surface area contributed by atoms with Crippen molar-refractivity contribution in [2.45, 2.75) is 44.0 Å². The highest BCUT2D eigenvalue weighted by Crippen LogP contribution is 2.40. The second kappa shape index (κ2) is 3.82. The SMILES string of the molecule is CC1(C)CN(N)C2CC(Br)CCC2C1=O. The highest BCUT2D eigenvalue weighted by Gasteiger charge is 2.47. The van der Waals surface area contributed by atoms with Crippen molar-refractivity contribution in [1.29, 1.82) is 0 Å². The Bertz CT molecular complexity index is 280. The Morgan fingerprint density at radius 1 is 1.47 bits per heavy atom. The van der Waals surface area contributed by atoms with E-state index in [1.165, 1.54) is 0 Å². The second-order valence-electron chi connectivity index (χ2n) is 5.50. The van der Waals surface area contributed by atoms with Crippen molar-refractivity contribution >= 4 is 21.7 Å². The third-order valence-electron chi connectivity index (χ3n) is 3.76. The van der Waals surface area contributed by atoms with Crippen molar-refractivity contribution in [2.75, 3.05) is 6.54 Å². The van der Waals surface area contributed by atoms with Crippen LogP contribution in [-0.4, -0.2) is 28.2 Å². The maximum atomic E-state index is 12.2. The van der Waals surface area contributed by atoms with E-state index in [9.17, 15) is 4.79 Å². The van der Waals surface area contributed by atoms with E-state index >= 15 is 0 Å². The summed E-state index contributed by atoms with van der Waals surface area (Å²) >= 11 is 3.63. The monoisotopic (exact) mass is 274 g/mol. The zero-order valence-electron chi connectivity index (χ0n) is 9.37. The normalized spacial score (nSPS) is 41.3. The number of ketones is 1. The first kappa shape index (κ1) is 11.6. The minimum atomic E-state index is -0.269. The van der Waals surface area contributed by atoms with Crippen LogP contribution in [-0.2, 0) is 4.79 Å². The molecule has 0 radical (unpaired) electrons. The van der Waals surface area contributed by atoms with Crippen LogP contribution in [0.5, 0.6) is 0 Å². The highest BCUT2D eigenvalue weighted by atomic mass is 79.9. The summed E-state index contributed by atoms with van der Waals surface area (Å²) in [5.74, 6) is 6.62. The van der Waals surface area contributed by atoms with Gasteiger partial charge in [0.05, 0.1) is 0 Å². The fraction of sp³-hybridized carbons (Fsp3) is 0.909. The van der Waals surface area contributed by atoms with Crippen LogP contribution in [0.4, 0.5) is 0 Å². The zero-order chi connectivity index (χ0) is 11.2. The first-order valence-electron chi connectivity index (χ1n) is 5.61. The third-order valence-corrected chi connectivity index (χ3v) is 4.59. The van der Waals surface area contributed by atoms with E-state index in [1.807, 2.05) is 18.9 Å². The number of hydrogen-bond donors (Lipinski definition) is 1. The van der Waals surface area contributed by atoms with Gasteiger partial charge in [-0.05, 0) is 19.3 Å². The first-order valence-corrected chi connectivity index (χ1v) is 6.53. The van der Waals surface area contributed by atoms with Gasteiger partial charge in [-0.3, -0.25) is 10.6 Å². The van der Waals surface area contributed by atoms with E-state index in [0.717, 1.165) is 19.3 Å². The van der Waals surface area contributed by atoms with Gasteiger partial charge in [0.1, 0.15) is 5.78 Å². The molecule has 3 unspecified atom stereocenters. The smallest absolute Gasteiger partial charge is 0.144 e. The Balaban J connectivity index is 2.21. The average Bonchev–Trinajstić information content (AvgIpc) is 2.14. The Morgan fingerprint density at radius 2 is 2.13 bits per heavy atom. The van der Waals surface area contributed by atoms with E-state index < -0.39 is 0 Å². The molecule has 3 atom stereocenters. The molecule has 3 nitrogen and oxygen atoms in total. The van der Waals surface area contributed by atoms with Crippen molar-refractivity contribution in [3.05, 3.63) is 0 Å². The van der Waals surface area contributed by atoms with E-state index in [2.05, 4.69) is 15.9 Å². The molecule has 2 rings (SSSR count). The van der Waals surface area contributed by atoms with E-state index in [0.29, 0.717) is 17.2 Å². The van der Waals surface area contributed by atoms with Gasteiger partial charge in [-0.2, -0.15) is 0 Å². The van der Waals surface area contributed by atoms with Crippen molar-refractivity contribution in [2.24, 2.45) is 17.2 Å². The molecule has 1 saturated heterocycles. The number of nitrogens with zero attached hydrogens (tertiary/aromatic N) is 1. The molecule has 0 aromatic heterocycles. The summed E-state index contributed by atoms with van der Waals surface area (Å²) < 4.78 is 0. The Hall–Kier alpha value is 0.0700. The standard InChI is InChI=1S/C11H19BrN2O/c1-11(2)6-14(13)9-5-7(12)3-4-8(9)10(11)15/h7-9H,3-6,13H2,1-2H3. The quantitative estimate of drug-likeness (QED) is 0.540. The molecule has 1 aliphatic heterocycles. The topological polar surface area (TPSA) is 46.3 Å². The molecule has 4 heteroatoms. The molecule has 1 saturated carbocycles. The summed E-state index contributed by atoms with van der Waals surface area (Å²) in [6, 6.07) is 0.253. The number of hydrazine groups is 1. The van der Waals surface area contributed by atoms with Crippen LogP contribution in [0, 0.1) is 11.3 Å². The number of carbonyl (C=O) groups is 1. The average molecular weight is 275 g/mol. The molecule has 86 valence electrons. The number of hydrogen-bond acceptors (Lipinski definition) is 3. The second-order valence-corrected chi connectivity index (χ2v) is 6.80. The van der Waals surface area contributed by atoms with Crippen LogP contribution < -0.4 is 5.84 Å². The number of alkyl halides is 1. The van der Waals surface area contributed by atoms with Gasteiger partial charge < -0.3 is 0 Å². The Labute approximate surface area is 99.5 Å². The molecular weight excluding hydrogens is 256 g/mol. The minimum absolute atomic E-state index is 0.160. The van der Waals surface area contributed by atoms with Crippen molar-refractivity contribution in [3.63, 3.8) is 0 Å². The maximum absolute atomic E-state index is 12.2. The van der Waals surface area contributed by atoms with Gasteiger partial charge in [0, 0.05) is 28.7 Å². The summed E-state index contributed by atoms with van der Waals surface area (Å²) in [5.41, 5.74) is -0.269. The van der Waals surface area contributed by atoms with E-state index in [4.69, 9.17) is 5.84 Å². The van der Waals surface area contributed by atoms with Gasteiger partial charge >= 0.3 is 0 Å². The molecule has 0 aromatic carbocycles. The number of nitrogens with two attached hydrogens (primary N) is 1. The predicted molar refractivity (Wildman–Crippen MR) is 63.5 cm³/mol. The first-order chi connectivity index (χ1) is 6.92. The fourth-order valence-electron chi connectivity index (χ4n) is 2.92. The maximum Gasteiger partial charge on any atom is 0.144 e. The summed E-state index contributed by atoms with van der Waals surface area (Å²) in [7, 11) is 0. The zero-order valence-corrected chi connectivity index (χ0v) is 11.0. The number of piperidine rings is 1. The lowest BCUT2D eigenvalue weighted by molar-refractivity contribution is -0.143. The van der Waals surface area contributed by atoms with Crippen LogP contribution in [0.2, 0.25) is 0 Å². The molecule has 1 heterocycles. The minimum Gasteiger partial charge on any atom is -0.299 e. The predicted octanol–water partition coefficient (Wildman–Crippen LogP) is 1.70. The van der Waals surface area contributed by atoms with E-state index in [-0.39, 0.29) is 17.4 Å².